The van der Waals surface area contributed by atoms with Gasteiger partial charge in [0.15, 0.2) is 0 Å². The summed E-state index contributed by atoms with van der Waals surface area (Å²) < 4.78 is 15.6. The highest BCUT2D eigenvalue weighted by Crippen LogP contribution is 2.15. The van der Waals surface area contributed by atoms with E-state index in [4.69, 9.17) is 0 Å². The summed E-state index contributed by atoms with van der Waals surface area (Å²) in [5.74, 6) is -0.505. The average Bonchev–Trinajstić information content (AvgIpc) is 2.19. The molecule has 2 aromatic rings. The Balaban J connectivity index is 2.77. The molecule has 1 aromatic heterocycles. The van der Waals surface area contributed by atoms with E-state index in [0.717, 1.165) is 8.14 Å². The Bertz CT molecular complexity index is 691. The molecule has 4 nitrogen and oxygen atoms in total. The first-order valence-electron chi connectivity index (χ1n) is 4.77. The molecule has 17 heavy (non-hydrogen) atoms. The number of hydrogen-bond donors (Lipinski definition) is 1. The summed E-state index contributed by atoms with van der Waals surface area (Å²) in [5.41, 5.74) is -0.618. The largest absolute Gasteiger partial charge is 0.333 e. The highest BCUT2D eigenvalue weighted by atomic mass is 127. The lowest BCUT2D eigenvalue weighted by atomic mass is 10.3. The first-order chi connectivity index (χ1) is 7.99. The molecule has 2 rings (SSSR count). The molecule has 1 heterocycles. The summed E-state index contributed by atoms with van der Waals surface area (Å²) in [6.07, 6.45) is 0. The average molecular weight is 346 g/mol. The van der Waals surface area contributed by atoms with Crippen LogP contribution >= 0.6 is 22.6 Å². The monoisotopic (exact) mass is 346 g/mol. The second kappa shape index (κ2) is 4.44. The molecule has 0 atom stereocenters. The number of aryl methyl sites for hydroxylation is 1. The fraction of sp³-hybridized carbons (Fsp3) is 0.0909. The van der Waals surface area contributed by atoms with E-state index in [9.17, 15) is 14.0 Å². The summed E-state index contributed by atoms with van der Waals surface area (Å²) in [4.78, 5) is 24.8. The van der Waals surface area contributed by atoms with E-state index in [2.05, 4.69) is 4.98 Å². The maximum Gasteiger partial charge on any atom is 0.333 e. The topological polar surface area (TPSA) is 54.9 Å². The summed E-state index contributed by atoms with van der Waals surface area (Å²) >= 11 is 1.98. The Kier molecular flexibility index (Phi) is 3.14. The highest BCUT2D eigenvalue weighted by Gasteiger charge is 2.09. The van der Waals surface area contributed by atoms with Crippen molar-refractivity contribution in [1.29, 1.82) is 0 Å². The van der Waals surface area contributed by atoms with E-state index in [1.807, 2.05) is 22.6 Å². The number of rotatable bonds is 1. The van der Waals surface area contributed by atoms with Crippen molar-refractivity contribution >= 4 is 22.6 Å². The van der Waals surface area contributed by atoms with E-state index in [0.29, 0.717) is 5.69 Å². The first-order valence-corrected chi connectivity index (χ1v) is 5.85. The van der Waals surface area contributed by atoms with Crippen LogP contribution in [0.25, 0.3) is 5.69 Å². The number of halogens is 2. The van der Waals surface area contributed by atoms with Crippen LogP contribution in [0.5, 0.6) is 0 Å². The molecule has 0 aliphatic rings. The minimum atomic E-state index is -0.643. The van der Waals surface area contributed by atoms with E-state index in [-0.39, 0.29) is 5.69 Å². The summed E-state index contributed by atoms with van der Waals surface area (Å²) in [5, 5.41) is 0. The summed E-state index contributed by atoms with van der Waals surface area (Å²) in [6, 6.07) is 5.77. The van der Waals surface area contributed by atoms with Gasteiger partial charge in [0.2, 0.25) is 0 Å². The third kappa shape index (κ3) is 2.31. The minimum Gasteiger partial charge on any atom is -0.274 e. The molecule has 0 amide bonds. The summed E-state index contributed by atoms with van der Waals surface area (Å²) in [7, 11) is 0. The van der Waals surface area contributed by atoms with E-state index in [1.54, 1.807) is 13.0 Å². The van der Waals surface area contributed by atoms with E-state index < -0.39 is 17.1 Å². The number of benzene rings is 1. The molecule has 0 unspecified atom stereocenters. The number of aromatic nitrogens is 2. The van der Waals surface area contributed by atoms with Crippen LogP contribution in [-0.2, 0) is 0 Å². The van der Waals surface area contributed by atoms with Crippen LogP contribution in [0.1, 0.15) is 5.69 Å². The second-order valence-corrected chi connectivity index (χ2v) is 4.76. The van der Waals surface area contributed by atoms with Crippen molar-refractivity contribution in [1.82, 2.24) is 9.55 Å². The van der Waals surface area contributed by atoms with E-state index in [1.165, 1.54) is 18.2 Å². The van der Waals surface area contributed by atoms with Crippen LogP contribution in [0, 0.1) is 16.3 Å². The Morgan fingerprint density at radius 1 is 1.29 bits per heavy atom. The minimum absolute atomic E-state index is 0.129. The molecule has 0 fully saturated rings. The van der Waals surface area contributed by atoms with Gasteiger partial charge < -0.3 is 0 Å². The van der Waals surface area contributed by atoms with Gasteiger partial charge in [-0.15, -0.1) is 0 Å². The predicted molar refractivity (Wildman–Crippen MR) is 70.1 cm³/mol. The van der Waals surface area contributed by atoms with Crippen molar-refractivity contribution in [2.45, 2.75) is 6.92 Å². The lowest BCUT2D eigenvalue weighted by Crippen LogP contribution is -2.30. The molecule has 6 heteroatoms. The zero-order chi connectivity index (χ0) is 12.6. The van der Waals surface area contributed by atoms with Crippen LogP contribution in [0.15, 0.2) is 33.9 Å². The van der Waals surface area contributed by atoms with Crippen molar-refractivity contribution in [3.63, 3.8) is 0 Å². The lowest BCUT2D eigenvalue weighted by molar-refractivity contribution is 0.611. The Morgan fingerprint density at radius 3 is 2.59 bits per heavy atom. The fourth-order valence-corrected chi connectivity index (χ4v) is 2.03. The van der Waals surface area contributed by atoms with Gasteiger partial charge in [-0.25, -0.2) is 9.18 Å². The van der Waals surface area contributed by atoms with Crippen LogP contribution in [0.3, 0.4) is 0 Å². The normalized spacial score (nSPS) is 10.5. The van der Waals surface area contributed by atoms with Crippen molar-refractivity contribution in [2.24, 2.45) is 0 Å². The molecule has 88 valence electrons. The van der Waals surface area contributed by atoms with Crippen molar-refractivity contribution < 1.29 is 4.39 Å². The number of nitrogens with zero attached hydrogens (tertiary/aromatic N) is 1. The zero-order valence-electron chi connectivity index (χ0n) is 8.83. The highest BCUT2D eigenvalue weighted by molar-refractivity contribution is 14.1. The predicted octanol–water partition coefficient (Wildman–Crippen LogP) is 1.58. The molecule has 0 saturated carbocycles. The van der Waals surface area contributed by atoms with Crippen LogP contribution < -0.4 is 11.2 Å². The molecule has 0 bridgehead atoms. The zero-order valence-corrected chi connectivity index (χ0v) is 11.0. The SMILES string of the molecule is Cc1cc(=O)[nH]c(=O)n1-c1ccc(I)cc1F. The van der Waals surface area contributed by atoms with Gasteiger partial charge in [-0.1, -0.05) is 0 Å². The number of H-pyrrole nitrogens is 1. The van der Waals surface area contributed by atoms with Crippen LogP contribution in [-0.4, -0.2) is 9.55 Å². The number of nitrogens with one attached hydrogen (secondary N) is 1. The van der Waals surface area contributed by atoms with Gasteiger partial charge in [-0.3, -0.25) is 14.3 Å². The van der Waals surface area contributed by atoms with Gasteiger partial charge in [-0.2, -0.15) is 0 Å². The fourth-order valence-electron chi connectivity index (χ4n) is 1.57. The second-order valence-electron chi connectivity index (χ2n) is 3.51. The van der Waals surface area contributed by atoms with Gasteiger partial charge in [0.1, 0.15) is 5.82 Å². The van der Waals surface area contributed by atoms with Gasteiger partial charge in [-0.05, 0) is 47.7 Å². The molecular weight excluding hydrogens is 338 g/mol. The molecule has 1 N–H and O–H groups in total. The maximum atomic E-state index is 13.7. The smallest absolute Gasteiger partial charge is 0.274 e. The lowest BCUT2D eigenvalue weighted by Gasteiger charge is -2.09. The van der Waals surface area contributed by atoms with Crippen molar-refractivity contribution in [2.75, 3.05) is 0 Å². The van der Waals surface area contributed by atoms with E-state index >= 15 is 0 Å². The first kappa shape index (κ1) is 12.0. The standard InChI is InChI=1S/C11H8FIN2O2/c1-6-4-10(16)14-11(17)15(6)9-3-2-7(13)5-8(9)12/h2-5H,1H3,(H,14,16,17). The third-order valence-corrected chi connectivity index (χ3v) is 2.95. The summed E-state index contributed by atoms with van der Waals surface area (Å²) in [6.45, 7) is 1.58. The molecule has 0 aliphatic carbocycles. The molecule has 0 radical (unpaired) electrons. The van der Waals surface area contributed by atoms with Crippen molar-refractivity contribution in [3.8, 4) is 5.69 Å². The number of aromatic amines is 1. The Hall–Kier alpha value is -1.44. The van der Waals surface area contributed by atoms with Gasteiger partial charge in [0, 0.05) is 15.3 Å². The molecule has 1 aromatic carbocycles. The molecular formula is C11H8FIN2O2. The maximum absolute atomic E-state index is 13.7. The Morgan fingerprint density at radius 2 is 2.00 bits per heavy atom. The number of hydrogen-bond acceptors (Lipinski definition) is 2. The third-order valence-electron chi connectivity index (χ3n) is 2.28. The van der Waals surface area contributed by atoms with Crippen LogP contribution in [0.2, 0.25) is 0 Å². The van der Waals surface area contributed by atoms with Gasteiger partial charge in [0.05, 0.1) is 5.69 Å². The Labute approximate surface area is 109 Å². The van der Waals surface area contributed by atoms with Crippen molar-refractivity contribution in [3.05, 3.63) is 60.2 Å². The van der Waals surface area contributed by atoms with Gasteiger partial charge in [0.25, 0.3) is 5.56 Å². The van der Waals surface area contributed by atoms with Gasteiger partial charge >= 0.3 is 5.69 Å². The molecule has 0 saturated heterocycles. The quantitative estimate of drug-likeness (QED) is 0.798. The molecule has 0 spiro atoms. The van der Waals surface area contributed by atoms with Crippen LogP contribution in [0.4, 0.5) is 4.39 Å². The molecule has 0 aliphatic heterocycles.